The molecule has 5 aromatic carbocycles. The number of likely N-dealkylation sites (tertiary alicyclic amines) is 1. The third-order valence-corrected chi connectivity index (χ3v) is 18.6. The zero-order chi connectivity index (χ0) is 86.2. The van der Waals surface area contributed by atoms with E-state index in [0.29, 0.717) is 94.5 Å². The summed E-state index contributed by atoms with van der Waals surface area (Å²) in [6.45, 7) is 4.68. The van der Waals surface area contributed by atoms with Gasteiger partial charge in [0, 0.05) is 148 Å². The quantitative estimate of drug-likeness (QED) is 0.00730. The van der Waals surface area contributed by atoms with Gasteiger partial charge < -0.3 is 67.5 Å². The number of hydrogen-bond donors (Lipinski definition) is 13. The number of carbonyl (C=O) groups is 1. The lowest BCUT2D eigenvalue weighted by molar-refractivity contribution is -0.387. The monoisotopic (exact) mass is 1780 g/mol. The van der Waals surface area contributed by atoms with E-state index in [9.17, 15) is 80.2 Å². The normalized spacial score (nSPS) is 13.9. The van der Waals surface area contributed by atoms with Gasteiger partial charge in [-0.2, -0.15) is 24.8 Å². The molecule has 118 heavy (non-hydrogen) atoms. The first-order valence-electron chi connectivity index (χ1n) is 38.7. The van der Waals surface area contributed by atoms with E-state index in [0.717, 1.165) is 147 Å². The van der Waals surface area contributed by atoms with E-state index < -0.39 is 55.6 Å². The van der Waals surface area contributed by atoms with Crippen LogP contribution in [0.3, 0.4) is 0 Å². The van der Waals surface area contributed by atoms with Gasteiger partial charge in [0.05, 0.1) is 60.4 Å². The number of unbranched alkanes of at least 4 members (excludes halogenated alkanes) is 15. The molecule has 1 saturated heterocycles. The van der Waals surface area contributed by atoms with Crippen LogP contribution in [-0.2, 0) is 4.79 Å². The first-order chi connectivity index (χ1) is 57.0. The van der Waals surface area contributed by atoms with E-state index in [-0.39, 0.29) is 54.0 Å². The fourth-order valence-electron chi connectivity index (χ4n) is 11.4. The average molecular weight is 1780 g/mol. The van der Waals surface area contributed by atoms with Crippen molar-refractivity contribution in [2.45, 2.75) is 153 Å². The molecular formula is C78H108Br2FN19O18. The largest absolute Gasteiger partial charge is 0.396 e. The van der Waals surface area contributed by atoms with Crippen LogP contribution in [0, 0.1) is 56.4 Å². The first-order valence-corrected chi connectivity index (χ1v) is 40.3. The Hall–Kier alpha value is -10.7. The molecule has 40 heteroatoms. The summed E-state index contributed by atoms with van der Waals surface area (Å²) in [7, 11) is 0. The van der Waals surface area contributed by atoms with Gasteiger partial charge in [0.1, 0.15) is 41.2 Å². The molecular weight excluding hydrogens is 1670 g/mol. The number of piperidine rings is 1. The molecule has 0 bridgehead atoms. The molecule has 0 unspecified atom stereocenters. The molecule has 5 heterocycles. The average Bonchev–Trinajstić information content (AvgIpc) is 0.922. The van der Waals surface area contributed by atoms with Crippen LogP contribution in [-0.4, -0.2) is 208 Å². The molecule has 4 aromatic heterocycles. The van der Waals surface area contributed by atoms with E-state index in [2.05, 4.69) is 78.6 Å². The summed E-state index contributed by atoms with van der Waals surface area (Å²) in [5, 5.41) is 150. The summed E-state index contributed by atoms with van der Waals surface area (Å²) in [4.78, 5) is 64.5. The maximum atomic E-state index is 12.6. The SMILES string of the molecule is NCCCCCCO.O=CCCCCCNc1ccc(-n2cccn2)cc1[N+](=O)[O-].O=[N+]([O-])c1cc(-n2cccn2)ccc1NCCCCCCN1C[C@H](O)[C@@H](O)[C@H](O)[C@H]1CO.O=[N+]([O-])c1cc(-n2cccn2)ccc1NCCCCCCO.O=[N+]([O-])c1cc(Br)ccc1F.O=[N+]([O-])c1cc(Br)ccc1NCCCCCCO.c1cn[nH]c1. The van der Waals surface area contributed by atoms with Gasteiger partial charge in [-0.15, -0.1) is 0 Å². The minimum Gasteiger partial charge on any atom is -0.396 e. The van der Waals surface area contributed by atoms with Gasteiger partial charge in [-0.05, 0) is 162 Å². The lowest BCUT2D eigenvalue weighted by Gasteiger charge is -2.43. The van der Waals surface area contributed by atoms with Crippen molar-refractivity contribution >= 4 is 89.3 Å². The third-order valence-electron chi connectivity index (χ3n) is 17.6. The van der Waals surface area contributed by atoms with Gasteiger partial charge >= 0.3 is 5.69 Å². The molecule has 37 nitrogen and oxygen atoms in total. The van der Waals surface area contributed by atoms with Crippen molar-refractivity contribution in [3.63, 3.8) is 0 Å². The van der Waals surface area contributed by atoms with Crippen LogP contribution in [0.5, 0.6) is 0 Å². The molecule has 644 valence electrons. The number of rotatable bonds is 43. The van der Waals surface area contributed by atoms with Crippen molar-refractivity contribution in [3.8, 4) is 17.1 Å². The van der Waals surface area contributed by atoms with Crippen LogP contribution in [0.15, 0.2) is 174 Å². The van der Waals surface area contributed by atoms with Crippen LogP contribution in [0.4, 0.5) is 55.6 Å². The summed E-state index contributed by atoms with van der Waals surface area (Å²) in [6, 6.07) is 30.0. The number of benzene rings is 5. The minimum atomic E-state index is -1.24. The van der Waals surface area contributed by atoms with Crippen molar-refractivity contribution in [3.05, 3.63) is 230 Å². The van der Waals surface area contributed by atoms with Crippen LogP contribution >= 0.6 is 31.9 Å². The van der Waals surface area contributed by atoms with Crippen LogP contribution in [0.25, 0.3) is 17.1 Å². The number of aliphatic hydroxyl groups excluding tert-OH is 7. The van der Waals surface area contributed by atoms with Crippen LogP contribution < -0.4 is 27.0 Å². The highest BCUT2D eigenvalue weighted by molar-refractivity contribution is 9.10. The first kappa shape index (κ1) is 99.7. The molecule has 9 aromatic rings. The second-order valence-electron chi connectivity index (χ2n) is 26.4. The number of aromatic nitrogens is 8. The number of nitrogens with two attached hydrogens (primary N) is 1. The Morgan fingerprint density at radius 1 is 0.466 bits per heavy atom. The van der Waals surface area contributed by atoms with E-state index in [4.69, 9.17) is 21.1 Å². The molecule has 10 rings (SSSR count). The second-order valence-corrected chi connectivity index (χ2v) is 28.2. The van der Waals surface area contributed by atoms with Gasteiger partial charge in [-0.25, -0.2) is 14.0 Å². The molecule has 0 saturated carbocycles. The number of nitro benzene ring substituents is 5. The topological polar surface area (TPSA) is 534 Å². The molecule has 0 radical (unpaired) electrons. The van der Waals surface area contributed by atoms with Crippen molar-refractivity contribution in [2.24, 2.45) is 5.73 Å². The standard InChI is InChI=1S/C21H31N5O6.C15H20N4O3.C15H18N4O3.C12H17BrN2O3.C6H3BrFNO2.C6H15NO.C3H4N2/c27-14-18-20(29)21(30)19(28)13-24(18)10-4-2-1-3-8-22-16-7-6-15(12-17(16)26(31)32)25-11-5-9-23-25;2*20-11-4-2-1-3-8-16-14-7-6-13(12-15(14)19(21)22)18-10-5-9-17-18;13-10-5-6-11(12(9-10)15(17)18)14-7-3-1-2-4-8-16;7-4-1-2-5(8)6(3-4)9(10)11;7-5-3-1-2-4-6-8;1-2-4-5-3-1/h5-7,9,11-12,18-22,27-30H,1-4,8,10,13-14H2;5-7,9-10,12,16,20H,1-4,8,11H2;5-7,9-12,16H,1-4,8H2;5-6,9,14,16H,1-4,7-8H2;1-3H;8H,1-7H2;1-3H,(H,4,5)/t18-,19+,20-,21-;;;;;;/m1....../s1. The number of β-amino-alcohol motifs (C(OH)–C–C–N with tert-alkyl or cyclic N) is 1. The summed E-state index contributed by atoms with van der Waals surface area (Å²) in [5.41, 5.74) is 8.84. The smallest absolute Gasteiger partial charge is 0.305 e. The fraction of sp³-hybridized carbons (Fsp3) is 0.449. The minimum absolute atomic E-state index is 0.00236. The second kappa shape index (κ2) is 59.1. The van der Waals surface area contributed by atoms with E-state index in [1.807, 2.05) is 11.0 Å². The van der Waals surface area contributed by atoms with Gasteiger partial charge in [0.25, 0.3) is 22.7 Å². The van der Waals surface area contributed by atoms with E-state index in [1.54, 1.807) is 130 Å². The van der Waals surface area contributed by atoms with E-state index in [1.165, 1.54) is 30.3 Å². The van der Waals surface area contributed by atoms with Crippen molar-refractivity contribution in [2.75, 3.05) is 93.5 Å². The highest BCUT2D eigenvalue weighted by atomic mass is 79.9. The number of carbonyl (C=O) groups excluding carboxylic acids is 1. The Balaban J connectivity index is 0.000000306. The van der Waals surface area contributed by atoms with Crippen molar-refractivity contribution in [1.82, 2.24) is 44.4 Å². The van der Waals surface area contributed by atoms with E-state index >= 15 is 0 Å². The lowest BCUT2D eigenvalue weighted by atomic mass is 9.94. The predicted molar refractivity (Wildman–Crippen MR) is 454 cm³/mol. The number of H-pyrrole nitrogens is 1. The van der Waals surface area contributed by atoms with Gasteiger partial charge in [-0.1, -0.05) is 89.6 Å². The maximum absolute atomic E-state index is 12.6. The zero-order valence-electron chi connectivity index (χ0n) is 65.5. The van der Waals surface area contributed by atoms with Crippen LogP contribution in [0.1, 0.15) is 128 Å². The summed E-state index contributed by atoms with van der Waals surface area (Å²) < 4.78 is 18.5. The molecule has 0 spiro atoms. The molecule has 14 N–H and O–H groups in total. The molecule has 1 aliphatic rings. The molecule has 4 atom stereocenters. The number of aliphatic hydroxyl groups is 7. The number of aldehydes is 1. The highest BCUT2D eigenvalue weighted by Crippen LogP contribution is 2.32. The number of hydrogen-bond acceptors (Lipinski definition) is 28. The number of aromatic amines is 1. The Bertz CT molecular complexity index is 4260. The summed E-state index contributed by atoms with van der Waals surface area (Å²) in [6.07, 6.45) is 29.4. The van der Waals surface area contributed by atoms with Crippen LogP contribution in [0.2, 0.25) is 0 Å². The lowest BCUT2D eigenvalue weighted by Crippen LogP contribution is -2.62. The number of nitro groups is 5. The third kappa shape index (κ3) is 38.2. The molecule has 0 aliphatic carbocycles. The zero-order valence-corrected chi connectivity index (χ0v) is 68.7. The molecule has 1 fully saturated rings. The van der Waals surface area contributed by atoms with Gasteiger partial charge in [0.2, 0.25) is 5.82 Å². The Morgan fingerprint density at radius 3 is 1.16 bits per heavy atom. The number of halogens is 3. The number of nitrogens with zero attached hydrogens (tertiary/aromatic N) is 13. The Kier molecular flexibility index (Phi) is 49.9. The fourth-order valence-corrected chi connectivity index (χ4v) is 12.1. The maximum Gasteiger partial charge on any atom is 0.305 e. The predicted octanol–water partition coefficient (Wildman–Crippen LogP) is 12.9. The van der Waals surface area contributed by atoms with Gasteiger partial charge in [0.15, 0.2) is 0 Å². The number of anilines is 4. The Labute approximate surface area is 698 Å². The highest BCUT2D eigenvalue weighted by Gasteiger charge is 2.40. The van der Waals surface area contributed by atoms with Crippen molar-refractivity contribution < 1.29 is 69.5 Å². The molecule has 1 aliphatic heterocycles. The molecule has 0 amide bonds. The summed E-state index contributed by atoms with van der Waals surface area (Å²) >= 11 is 6.21. The number of nitrogens with one attached hydrogen (secondary N) is 5. The van der Waals surface area contributed by atoms with Gasteiger partial charge in [-0.3, -0.25) is 60.6 Å². The Morgan fingerprint density at radius 2 is 0.831 bits per heavy atom. The van der Waals surface area contributed by atoms with Crippen molar-refractivity contribution in [1.29, 1.82) is 0 Å². The summed E-state index contributed by atoms with van der Waals surface area (Å²) in [5.74, 6) is -0.821.